The number of carbonyl (C=O) groups excluding carboxylic acids is 2. The molecule has 1 heterocycles. The summed E-state index contributed by atoms with van der Waals surface area (Å²) in [6.45, 7) is 0. The van der Waals surface area contributed by atoms with E-state index in [1.54, 1.807) is 12.1 Å². The average molecular weight is 327 g/mol. The molecule has 1 fully saturated rings. The Hall–Kier alpha value is -1.89. The SMILES string of the molecule is O=C1CC[C@H](C(=O)Nc2ccc(Br)c(C(=O)O)c2)N1. The second kappa shape index (κ2) is 5.40. The molecule has 6 nitrogen and oxygen atoms in total. The first-order valence-electron chi connectivity index (χ1n) is 5.60. The summed E-state index contributed by atoms with van der Waals surface area (Å²) in [5, 5.41) is 14.1. The van der Waals surface area contributed by atoms with Crippen LogP contribution < -0.4 is 10.6 Å². The van der Waals surface area contributed by atoms with Crippen LogP contribution in [0.2, 0.25) is 0 Å². The fourth-order valence-corrected chi connectivity index (χ4v) is 2.22. The molecule has 1 saturated heterocycles. The van der Waals surface area contributed by atoms with Crippen LogP contribution in [0.3, 0.4) is 0 Å². The van der Waals surface area contributed by atoms with Crippen LogP contribution in [0.25, 0.3) is 0 Å². The summed E-state index contributed by atoms with van der Waals surface area (Å²) in [4.78, 5) is 33.8. The summed E-state index contributed by atoms with van der Waals surface area (Å²) in [6, 6.07) is 3.95. The number of amides is 2. The van der Waals surface area contributed by atoms with Gasteiger partial charge in [0.05, 0.1) is 5.56 Å². The molecule has 0 aliphatic carbocycles. The number of carbonyl (C=O) groups is 3. The van der Waals surface area contributed by atoms with Gasteiger partial charge in [0.15, 0.2) is 0 Å². The molecule has 2 rings (SSSR count). The third kappa shape index (κ3) is 3.11. The monoisotopic (exact) mass is 326 g/mol. The lowest BCUT2D eigenvalue weighted by Crippen LogP contribution is -2.37. The van der Waals surface area contributed by atoms with Crippen LogP contribution in [-0.2, 0) is 9.59 Å². The number of carboxylic acids is 1. The normalized spacial score (nSPS) is 17.9. The van der Waals surface area contributed by atoms with E-state index >= 15 is 0 Å². The zero-order valence-corrected chi connectivity index (χ0v) is 11.4. The van der Waals surface area contributed by atoms with E-state index in [1.165, 1.54) is 6.07 Å². The molecule has 0 spiro atoms. The molecule has 0 unspecified atom stereocenters. The van der Waals surface area contributed by atoms with Crippen LogP contribution in [0, 0.1) is 0 Å². The van der Waals surface area contributed by atoms with Gasteiger partial charge in [0.25, 0.3) is 0 Å². The molecule has 100 valence electrons. The maximum atomic E-state index is 11.8. The van der Waals surface area contributed by atoms with Crippen LogP contribution in [0.1, 0.15) is 23.2 Å². The van der Waals surface area contributed by atoms with Crippen molar-refractivity contribution in [1.29, 1.82) is 0 Å². The van der Waals surface area contributed by atoms with E-state index in [-0.39, 0.29) is 17.4 Å². The Kier molecular flexibility index (Phi) is 3.84. The van der Waals surface area contributed by atoms with Crippen molar-refractivity contribution in [3.05, 3.63) is 28.2 Å². The quantitative estimate of drug-likeness (QED) is 0.781. The van der Waals surface area contributed by atoms with Gasteiger partial charge in [-0.3, -0.25) is 9.59 Å². The highest BCUT2D eigenvalue weighted by molar-refractivity contribution is 9.10. The molecule has 3 N–H and O–H groups in total. The number of halogens is 1. The smallest absolute Gasteiger partial charge is 0.336 e. The molecule has 0 aromatic heterocycles. The van der Waals surface area contributed by atoms with Crippen molar-refractivity contribution in [2.45, 2.75) is 18.9 Å². The van der Waals surface area contributed by atoms with E-state index in [1.807, 2.05) is 0 Å². The summed E-state index contributed by atoms with van der Waals surface area (Å²) in [6.07, 6.45) is 0.784. The second-order valence-corrected chi connectivity index (χ2v) is 5.00. The van der Waals surface area contributed by atoms with E-state index in [0.717, 1.165) is 0 Å². The minimum absolute atomic E-state index is 0.0632. The van der Waals surface area contributed by atoms with Crippen LogP contribution >= 0.6 is 15.9 Å². The lowest BCUT2D eigenvalue weighted by molar-refractivity contribution is -0.122. The van der Waals surface area contributed by atoms with Gasteiger partial charge in [-0.15, -0.1) is 0 Å². The maximum absolute atomic E-state index is 11.8. The Bertz CT molecular complexity index is 559. The second-order valence-electron chi connectivity index (χ2n) is 4.15. The summed E-state index contributed by atoms with van der Waals surface area (Å²) in [5.41, 5.74) is 0.444. The molecule has 1 aromatic rings. The van der Waals surface area contributed by atoms with Gasteiger partial charge in [-0.05, 0) is 40.5 Å². The average Bonchev–Trinajstić information content (AvgIpc) is 2.78. The van der Waals surface area contributed by atoms with E-state index in [0.29, 0.717) is 23.0 Å². The number of carboxylic acid groups (broad SMARTS) is 1. The van der Waals surface area contributed by atoms with Crippen molar-refractivity contribution in [2.75, 3.05) is 5.32 Å². The first-order valence-corrected chi connectivity index (χ1v) is 6.40. The van der Waals surface area contributed by atoms with Gasteiger partial charge >= 0.3 is 5.97 Å². The molecule has 0 bridgehead atoms. The van der Waals surface area contributed by atoms with Gasteiger partial charge in [0.2, 0.25) is 11.8 Å². The van der Waals surface area contributed by atoms with E-state index in [9.17, 15) is 14.4 Å². The van der Waals surface area contributed by atoms with Crippen molar-refractivity contribution < 1.29 is 19.5 Å². The Morgan fingerprint density at radius 1 is 1.42 bits per heavy atom. The number of hydrogen-bond acceptors (Lipinski definition) is 3. The fraction of sp³-hybridized carbons (Fsp3) is 0.250. The zero-order valence-electron chi connectivity index (χ0n) is 9.77. The molecule has 1 aliphatic rings. The predicted octanol–water partition coefficient (Wildman–Crippen LogP) is 1.36. The van der Waals surface area contributed by atoms with E-state index < -0.39 is 12.0 Å². The van der Waals surface area contributed by atoms with Crippen molar-refractivity contribution >= 4 is 39.4 Å². The van der Waals surface area contributed by atoms with Gasteiger partial charge in [0, 0.05) is 16.6 Å². The molecular weight excluding hydrogens is 316 g/mol. The van der Waals surface area contributed by atoms with Crippen molar-refractivity contribution in [1.82, 2.24) is 5.32 Å². The summed E-state index contributed by atoms with van der Waals surface area (Å²) >= 11 is 3.12. The number of aromatic carboxylic acids is 1. The molecule has 19 heavy (non-hydrogen) atoms. The number of benzene rings is 1. The van der Waals surface area contributed by atoms with Gasteiger partial charge < -0.3 is 15.7 Å². The molecule has 7 heteroatoms. The molecule has 0 saturated carbocycles. The Labute approximate surface area is 117 Å². The lowest BCUT2D eigenvalue weighted by atomic mass is 10.2. The number of rotatable bonds is 3. The first kappa shape index (κ1) is 13.5. The molecule has 1 aliphatic heterocycles. The van der Waals surface area contributed by atoms with Crippen LogP contribution in [0.5, 0.6) is 0 Å². The van der Waals surface area contributed by atoms with Crippen molar-refractivity contribution in [2.24, 2.45) is 0 Å². The predicted molar refractivity (Wildman–Crippen MR) is 70.9 cm³/mol. The molecule has 2 amide bonds. The van der Waals surface area contributed by atoms with E-state index in [4.69, 9.17) is 5.11 Å². The molecule has 1 atom stereocenters. The largest absolute Gasteiger partial charge is 0.478 e. The standard InChI is InChI=1S/C12H11BrN2O4/c13-8-2-1-6(5-7(8)12(18)19)14-11(17)9-3-4-10(16)15-9/h1-2,5,9H,3-4H2,(H,14,17)(H,15,16)(H,18,19)/t9-/m1/s1. The Morgan fingerprint density at radius 2 is 2.16 bits per heavy atom. The topological polar surface area (TPSA) is 95.5 Å². The van der Waals surface area contributed by atoms with Crippen molar-refractivity contribution in [3.63, 3.8) is 0 Å². The fourth-order valence-electron chi connectivity index (χ4n) is 1.81. The highest BCUT2D eigenvalue weighted by Gasteiger charge is 2.27. The lowest BCUT2D eigenvalue weighted by Gasteiger charge is -2.11. The molecule has 0 radical (unpaired) electrons. The van der Waals surface area contributed by atoms with Gasteiger partial charge in [0.1, 0.15) is 6.04 Å². The summed E-state index contributed by atoms with van der Waals surface area (Å²) in [7, 11) is 0. The minimum Gasteiger partial charge on any atom is -0.478 e. The zero-order chi connectivity index (χ0) is 14.0. The summed E-state index contributed by atoms with van der Waals surface area (Å²) in [5.74, 6) is -1.58. The molecule has 1 aromatic carbocycles. The highest BCUT2D eigenvalue weighted by Crippen LogP contribution is 2.21. The molecular formula is C12H11BrN2O4. The van der Waals surface area contributed by atoms with Gasteiger partial charge in [-0.1, -0.05) is 0 Å². The number of hydrogen-bond donors (Lipinski definition) is 3. The highest BCUT2D eigenvalue weighted by atomic mass is 79.9. The minimum atomic E-state index is -1.09. The number of nitrogens with one attached hydrogen (secondary N) is 2. The maximum Gasteiger partial charge on any atom is 0.336 e. The Morgan fingerprint density at radius 3 is 2.74 bits per heavy atom. The number of anilines is 1. The first-order chi connectivity index (χ1) is 8.97. The third-order valence-corrected chi connectivity index (χ3v) is 3.47. The summed E-state index contributed by atoms with van der Waals surface area (Å²) < 4.78 is 0.437. The third-order valence-electron chi connectivity index (χ3n) is 2.78. The van der Waals surface area contributed by atoms with Crippen LogP contribution in [-0.4, -0.2) is 28.9 Å². The van der Waals surface area contributed by atoms with Gasteiger partial charge in [-0.25, -0.2) is 4.79 Å². The Balaban J connectivity index is 2.11. The van der Waals surface area contributed by atoms with E-state index in [2.05, 4.69) is 26.6 Å². The van der Waals surface area contributed by atoms with Crippen LogP contribution in [0.4, 0.5) is 5.69 Å². The van der Waals surface area contributed by atoms with Crippen LogP contribution in [0.15, 0.2) is 22.7 Å². The van der Waals surface area contributed by atoms with Crippen molar-refractivity contribution in [3.8, 4) is 0 Å². The van der Waals surface area contributed by atoms with Gasteiger partial charge in [-0.2, -0.15) is 0 Å².